The summed E-state index contributed by atoms with van der Waals surface area (Å²) in [4.78, 5) is 0. The minimum absolute atomic E-state index is 0.620. The third-order valence-corrected chi connectivity index (χ3v) is 3.86. The largest absolute Gasteiger partial charge is 0.456 e. The zero-order valence-corrected chi connectivity index (χ0v) is 12.1. The molecule has 2 nitrogen and oxygen atoms in total. The Morgan fingerprint density at radius 3 is 2.40 bits per heavy atom. The summed E-state index contributed by atoms with van der Waals surface area (Å²) < 4.78 is 6.79. The molecule has 0 aliphatic heterocycles. The molecule has 0 fully saturated rings. The molecule has 0 saturated carbocycles. The Morgan fingerprint density at radius 2 is 1.65 bits per heavy atom. The molecule has 0 aliphatic carbocycles. The third kappa shape index (κ3) is 2.38. The van der Waals surface area contributed by atoms with E-state index in [1.54, 1.807) is 24.3 Å². The van der Waals surface area contributed by atoms with E-state index in [2.05, 4.69) is 28.1 Å². The van der Waals surface area contributed by atoms with Gasteiger partial charge in [-0.25, -0.2) is 0 Å². The molecule has 0 amide bonds. The van der Waals surface area contributed by atoms with Crippen molar-refractivity contribution in [2.24, 2.45) is 0 Å². The van der Waals surface area contributed by atoms with Gasteiger partial charge in [0.25, 0.3) is 0 Å². The van der Waals surface area contributed by atoms with Crippen LogP contribution in [0, 0.1) is 11.3 Å². The molecule has 0 bridgehead atoms. The summed E-state index contributed by atoms with van der Waals surface area (Å²) >= 11 is 3.59. The number of benzene rings is 3. The average molecular weight is 324 g/mol. The molecular formula is C17H10BrNO. The topological polar surface area (TPSA) is 33.0 Å². The van der Waals surface area contributed by atoms with Crippen LogP contribution in [0.15, 0.2) is 65.1 Å². The predicted molar refractivity (Wildman–Crippen MR) is 82.9 cm³/mol. The first-order valence-electron chi connectivity index (χ1n) is 6.13. The molecule has 0 saturated heterocycles. The molecule has 3 aromatic carbocycles. The van der Waals surface area contributed by atoms with E-state index in [1.165, 1.54) is 0 Å². The van der Waals surface area contributed by atoms with Gasteiger partial charge in [-0.05, 0) is 57.0 Å². The van der Waals surface area contributed by atoms with Crippen LogP contribution in [-0.4, -0.2) is 0 Å². The van der Waals surface area contributed by atoms with Gasteiger partial charge in [0.15, 0.2) is 0 Å². The van der Waals surface area contributed by atoms with E-state index in [1.807, 2.05) is 30.3 Å². The van der Waals surface area contributed by atoms with Crippen molar-refractivity contribution in [1.82, 2.24) is 0 Å². The Kier molecular flexibility index (Phi) is 3.41. The molecule has 0 N–H and O–H groups in total. The monoisotopic (exact) mass is 323 g/mol. The molecule has 3 aromatic rings. The van der Waals surface area contributed by atoms with E-state index in [-0.39, 0.29) is 0 Å². The second-order valence-electron chi connectivity index (χ2n) is 4.34. The lowest BCUT2D eigenvalue weighted by Gasteiger charge is -2.10. The molecule has 0 heterocycles. The van der Waals surface area contributed by atoms with Gasteiger partial charge in [0.05, 0.1) is 16.1 Å². The van der Waals surface area contributed by atoms with Crippen LogP contribution in [0.25, 0.3) is 10.8 Å². The van der Waals surface area contributed by atoms with Gasteiger partial charge in [0.2, 0.25) is 0 Å². The number of halogens is 1. The van der Waals surface area contributed by atoms with Gasteiger partial charge >= 0.3 is 0 Å². The molecule has 0 aliphatic rings. The number of ether oxygens (including phenoxy) is 1. The van der Waals surface area contributed by atoms with E-state index in [0.29, 0.717) is 11.3 Å². The van der Waals surface area contributed by atoms with Gasteiger partial charge in [-0.3, -0.25) is 0 Å². The summed E-state index contributed by atoms with van der Waals surface area (Å²) in [7, 11) is 0. The van der Waals surface area contributed by atoms with Gasteiger partial charge in [-0.2, -0.15) is 5.26 Å². The minimum Gasteiger partial charge on any atom is -0.456 e. The van der Waals surface area contributed by atoms with Gasteiger partial charge in [-0.15, -0.1) is 0 Å². The zero-order valence-electron chi connectivity index (χ0n) is 10.5. The molecule has 0 atom stereocenters. The summed E-state index contributed by atoms with van der Waals surface area (Å²) in [6, 6.07) is 21.2. The molecule has 3 heteroatoms. The van der Waals surface area contributed by atoms with Crippen LogP contribution in [-0.2, 0) is 0 Å². The van der Waals surface area contributed by atoms with Crippen LogP contribution >= 0.6 is 15.9 Å². The van der Waals surface area contributed by atoms with Crippen molar-refractivity contribution in [3.05, 3.63) is 70.7 Å². The number of hydrogen-bond acceptors (Lipinski definition) is 2. The number of nitriles is 1. The Morgan fingerprint density at radius 1 is 0.900 bits per heavy atom. The second kappa shape index (κ2) is 5.36. The first-order chi connectivity index (χ1) is 9.78. The summed E-state index contributed by atoms with van der Waals surface area (Å²) in [5.74, 6) is 1.47. The average Bonchev–Trinajstić information content (AvgIpc) is 2.51. The zero-order chi connectivity index (χ0) is 13.9. The van der Waals surface area contributed by atoms with Crippen LogP contribution in [0.4, 0.5) is 0 Å². The smallest absolute Gasteiger partial charge is 0.142 e. The number of hydrogen-bond donors (Lipinski definition) is 0. The maximum absolute atomic E-state index is 8.78. The molecule has 0 spiro atoms. The molecule has 0 aromatic heterocycles. The Labute approximate surface area is 125 Å². The second-order valence-corrected chi connectivity index (χ2v) is 5.13. The molecule has 20 heavy (non-hydrogen) atoms. The van der Waals surface area contributed by atoms with Crippen molar-refractivity contribution in [2.45, 2.75) is 0 Å². The SMILES string of the molecule is N#Cc1ccc(Oc2ccc3ccccc3c2Br)cc1. The number of rotatable bonds is 2. The van der Waals surface area contributed by atoms with Crippen molar-refractivity contribution in [1.29, 1.82) is 5.26 Å². The molecule has 0 radical (unpaired) electrons. The highest BCUT2D eigenvalue weighted by Gasteiger charge is 2.07. The van der Waals surface area contributed by atoms with Crippen LogP contribution in [0.3, 0.4) is 0 Å². The first-order valence-corrected chi connectivity index (χ1v) is 6.92. The molecule has 3 rings (SSSR count). The van der Waals surface area contributed by atoms with Crippen molar-refractivity contribution in [3.63, 3.8) is 0 Å². The van der Waals surface area contributed by atoms with Crippen LogP contribution in [0.2, 0.25) is 0 Å². The van der Waals surface area contributed by atoms with E-state index in [9.17, 15) is 0 Å². The van der Waals surface area contributed by atoms with E-state index in [4.69, 9.17) is 10.00 Å². The maximum atomic E-state index is 8.78. The maximum Gasteiger partial charge on any atom is 0.142 e. The van der Waals surface area contributed by atoms with E-state index >= 15 is 0 Å². The third-order valence-electron chi connectivity index (χ3n) is 3.04. The Bertz CT molecular complexity index is 803. The van der Waals surface area contributed by atoms with Crippen molar-refractivity contribution in [2.75, 3.05) is 0 Å². The van der Waals surface area contributed by atoms with Gasteiger partial charge < -0.3 is 4.74 Å². The quantitative estimate of drug-likeness (QED) is 0.643. The minimum atomic E-state index is 0.620. The standard InChI is InChI=1S/C17H10BrNO/c18-17-15-4-2-1-3-13(15)7-10-16(17)20-14-8-5-12(11-19)6-9-14/h1-10H. The van der Waals surface area contributed by atoms with E-state index < -0.39 is 0 Å². The van der Waals surface area contributed by atoms with Crippen molar-refractivity contribution < 1.29 is 4.74 Å². The lowest BCUT2D eigenvalue weighted by molar-refractivity contribution is 0.480. The predicted octanol–water partition coefficient (Wildman–Crippen LogP) is 5.27. The van der Waals surface area contributed by atoms with Gasteiger partial charge in [-0.1, -0.05) is 30.3 Å². The summed E-state index contributed by atoms with van der Waals surface area (Å²) in [5, 5.41) is 11.1. The lowest BCUT2D eigenvalue weighted by Crippen LogP contribution is -1.87. The Balaban J connectivity index is 1.98. The summed E-state index contributed by atoms with van der Waals surface area (Å²) in [6.45, 7) is 0. The van der Waals surface area contributed by atoms with Gasteiger partial charge in [0.1, 0.15) is 11.5 Å². The first kappa shape index (κ1) is 12.7. The molecular weight excluding hydrogens is 314 g/mol. The fourth-order valence-corrected chi connectivity index (χ4v) is 2.59. The highest BCUT2D eigenvalue weighted by atomic mass is 79.9. The lowest BCUT2D eigenvalue weighted by atomic mass is 10.1. The van der Waals surface area contributed by atoms with E-state index in [0.717, 1.165) is 21.0 Å². The fraction of sp³-hybridized carbons (Fsp3) is 0. The van der Waals surface area contributed by atoms with Gasteiger partial charge in [0, 0.05) is 0 Å². The summed E-state index contributed by atoms with van der Waals surface area (Å²) in [6.07, 6.45) is 0. The Hall–Kier alpha value is -2.31. The fourth-order valence-electron chi connectivity index (χ4n) is 2.02. The van der Waals surface area contributed by atoms with Crippen LogP contribution in [0.5, 0.6) is 11.5 Å². The molecule has 96 valence electrons. The molecule has 0 unspecified atom stereocenters. The number of fused-ring (bicyclic) bond motifs is 1. The van der Waals surface area contributed by atoms with Crippen LogP contribution < -0.4 is 4.74 Å². The normalized spacial score (nSPS) is 10.2. The highest BCUT2D eigenvalue weighted by molar-refractivity contribution is 9.10. The summed E-state index contributed by atoms with van der Waals surface area (Å²) in [5.41, 5.74) is 0.620. The highest BCUT2D eigenvalue weighted by Crippen LogP contribution is 2.35. The van der Waals surface area contributed by atoms with Crippen molar-refractivity contribution >= 4 is 26.7 Å². The van der Waals surface area contributed by atoms with Crippen molar-refractivity contribution in [3.8, 4) is 17.6 Å². The number of nitrogens with zero attached hydrogens (tertiary/aromatic N) is 1. The van der Waals surface area contributed by atoms with Crippen LogP contribution in [0.1, 0.15) is 5.56 Å².